The molecule has 4 aromatic rings. The molecule has 0 saturated heterocycles. The van der Waals surface area contributed by atoms with Gasteiger partial charge in [-0.15, -0.1) is 15.3 Å². The lowest BCUT2D eigenvalue weighted by molar-refractivity contribution is 0.465. The summed E-state index contributed by atoms with van der Waals surface area (Å²) in [6.45, 7) is 0.456. The van der Waals surface area contributed by atoms with E-state index in [0.29, 0.717) is 29.1 Å². The van der Waals surface area contributed by atoms with Crippen molar-refractivity contribution in [1.82, 2.24) is 29.4 Å². The fourth-order valence-corrected chi connectivity index (χ4v) is 2.89. The lowest BCUT2D eigenvalue weighted by atomic mass is 10.3. The van der Waals surface area contributed by atoms with Gasteiger partial charge in [-0.1, -0.05) is 17.8 Å². The summed E-state index contributed by atoms with van der Waals surface area (Å²) in [7, 11) is 0. The van der Waals surface area contributed by atoms with Gasteiger partial charge in [0.05, 0.1) is 6.54 Å². The normalized spacial score (nSPS) is 11.2. The summed E-state index contributed by atoms with van der Waals surface area (Å²) in [5.41, 5.74) is 1.29. The molecule has 0 radical (unpaired) electrons. The Hall–Kier alpha value is -2.94. The predicted molar refractivity (Wildman–Crippen MR) is 87.7 cm³/mol. The molecule has 9 heteroatoms. The minimum atomic E-state index is -0.158. The van der Waals surface area contributed by atoms with E-state index in [-0.39, 0.29) is 5.69 Å². The van der Waals surface area contributed by atoms with E-state index in [0.717, 1.165) is 5.56 Å². The van der Waals surface area contributed by atoms with Crippen molar-refractivity contribution in [2.45, 2.75) is 11.8 Å². The molecule has 0 aliphatic heterocycles. The number of pyridine rings is 2. The van der Waals surface area contributed by atoms with Crippen molar-refractivity contribution in [1.29, 1.82) is 0 Å². The van der Waals surface area contributed by atoms with Crippen molar-refractivity contribution in [3.63, 3.8) is 0 Å². The predicted octanol–water partition coefficient (Wildman–Crippen LogP) is 1.73. The minimum Gasteiger partial charge on any atom is -0.411 e. The molecule has 0 unspecified atom stereocenters. The maximum atomic E-state index is 12.2. The highest BCUT2D eigenvalue weighted by Gasteiger charge is 2.10. The number of fused-ring (bicyclic) bond motifs is 1. The van der Waals surface area contributed by atoms with Crippen LogP contribution in [0.2, 0.25) is 0 Å². The molecule has 0 bridgehead atoms. The van der Waals surface area contributed by atoms with Gasteiger partial charge in [0.25, 0.3) is 5.22 Å². The minimum absolute atomic E-state index is 0.158. The van der Waals surface area contributed by atoms with Crippen LogP contribution in [0.15, 0.2) is 63.4 Å². The first-order valence-corrected chi connectivity index (χ1v) is 8.21. The number of aromatic nitrogens is 6. The van der Waals surface area contributed by atoms with Gasteiger partial charge in [-0.05, 0) is 24.3 Å². The van der Waals surface area contributed by atoms with E-state index < -0.39 is 0 Å². The molecule has 0 N–H and O–H groups in total. The molecular weight excluding hydrogens is 328 g/mol. The summed E-state index contributed by atoms with van der Waals surface area (Å²) >= 11 is 1.38. The van der Waals surface area contributed by atoms with Gasteiger partial charge in [0.15, 0.2) is 5.65 Å². The summed E-state index contributed by atoms with van der Waals surface area (Å²) in [6.07, 6.45) is 5.04. The van der Waals surface area contributed by atoms with Crippen LogP contribution < -0.4 is 5.69 Å². The largest absolute Gasteiger partial charge is 0.411 e. The highest BCUT2D eigenvalue weighted by molar-refractivity contribution is 7.99. The standard InChI is InChI=1S/C15H12N6O2S/c22-15-20-8-2-1-3-12(20)19-21(15)9-10-24-14-18-17-13(23-14)11-4-6-16-7-5-11/h1-8H,9-10H2. The summed E-state index contributed by atoms with van der Waals surface area (Å²) in [5, 5.41) is 12.7. The van der Waals surface area contributed by atoms with Crippen molar-refractivity contribution >= 4 is 17.4 Å². The topological polar surface area (TPSA) is 91.1 Å². The Morgan fingerprint density at radius 2 is 2.00 bits per heavy atom. The molecule has 0 aliphatic carbocycles. The van der Waals surface area contributed by atoms with Crippen LogP contribution in [0.25, 0.3) is 17.1 Å². The summed E-state index contributed by atoms with van der Waals surface area (Å²) in [6, 6.07) is 9.05. The molecule has 0 fully saturated rings. The zero-order valence-electron chi connectivity index (χ0n) is 12.4. The smallest absolute Gasteiger partial charge is 0.350 e. The third-order valence-corrected chi connectivity index (χ3v) is 4.15. The summed E-state index contributed by atoms with van der Waals surface area (Å²) < 4.78 is 8.54. The number of thioether (sulfide) groups is 1. The number of aryl methyl sites for hydroxylation is 1. The Bertz CT molecular complexity index is 1020. The second-order valence-corrected chi connectivity index (χ2v) is 5.94. The molecule has 8 nitrogen and oxygen atoms in total. The van der Waals surface area contributed by atoms with Gasteiger partial charge in [-0.2, -0.15) is 0 Å². The Labute approximate surface area is 140 Å². The van der Waals surface area contributed by atoms with E-state index in [9.17, 15) is 4.79 Å². The maximum Gasteiger partial charge on any atom is 0.350 e. The molecule has 0 aliphatic rings. The zero-order chi connectivity index (χ0) is 16.4. The quantitative estimate of drug-likeness (QED) is 0.511. The fraction of sp³-hybridized carbons (Fsp3) is 0.133. The summed E-state index contributed by atoms with van der Waals surface area (Å²) in [4.78, 5) is 16.1. The van der Waals surface area contributed by atoms with Gasteiger partial charge in [0, 0.05) is 29.9 Å². The van der Waals surface area contributed by atoms with E-state index in [4.69, 9.17) is 4.42 Å². The summed E-state index contributed by atoms with van der Waals surface area (Å²) in [5.74, 6) is 1.05. The first-order chi connectivity index (χ1) is 11.8. The van der Waals surface area contributed by atoms with Crippen molar-refractivity contribution in [2.24, 2.45) is 0 Å². The van der Waals surface area contributed by atoms with E-state index in [1.54, 1.807) is 42.9 Å². The molecule has 24 heavy (non-hydrogen) atoms. The number of hydrogen-bond acceptors (Lipinski definition) is 7. The SMILES string of the molecule is O=c1n(CCSc2nnc(-c3ccncc3)o2)nc2ccccn12. The molecule has 120 valence electrons. The Balaban J connectivity index is 1.43. The van der Waals surface area contributed by atoms with Crippen molar-refractivity contribution in [3.8, 4) is 11.5 Å². The van der Waals surface area contributed by atoms with Gasteiger partial charge in [-0.25, -0.2) is 9.48 Å². The monoisotopic (exact) mass is 340 g/mol. The molecule has 0 spiro atoms. The molecule has 4 aromatic heterocycles. The first-order valence-electron chi connectivity index (χ1n) is 7.22. The van der Waals surface area contributed by atoms with Crippen molar-refractivity contribution in [2.75, 3.05) is 5.75 Å². The van der Waals surface area contributed by atoms with Crippen LogP contribution in [-0.4, -0.2) is 35.1 Å². The average molecular weight is 340 g/mol. The highest BCUT2D eigenvalue weighted by atomic mass is 32.2. The highest BCUT2D eigenvalue weighted by Crippen LogP contribution is 2.22. The van der Waals surface area contributed by atoms with Crippen LogP contribution >= 0.6 is 11.8 Å². The van der Waals surface area contributed by atoms with Crippen LogP contribution in [0.4, 0.5) is 0 Å². The maximum absolute atomic E-state index is 12.2. The number of hydrogen-bond donors (Lipinski definition) is 0. The number of nitrogens with zero attached hydrogens (tertiary/aromatic N) is 6. The molecular formula is C15H12N6O2S. The second-order valence-electron chi connectivity index (χ2n) is 4.89. The molecule has 0 amide bonds. The third-order valence-electron chi connectivity index (χ3n) is 3.35. The first kappa shape index (κ1) is 14.6. The van der Waals surface area contributed by atoms with Crippen LogP contribution in [0.5, 0.6) is 0 Å². The molecule has 4 heterocycles. The Morgan fingerprint density at radius 1 is 1.12 bits per heavy atom. The van der Waals surface area contributed by atoms with Crippen LogP contribution in [0, 0.1) is 0 Å². The fourth-order valence-electron chi connectivity index (χ4n) is 2.21. The van der Waals surface area contributed by atoms with E-state index in [1.165, 1.54) is 20.8 Å². The van der Waals surface area contributed by atoms with Gasteiger partial charge in [0.2, 0.25) is 5.89 Å². The number of rotatable bonds is 5. The van der Waals surface area contributed by atoms with Gasteiger partial charge in [-0.3, -0.25) is 9.38 Å². The Morgan fingerprint density at radius 3 is 2.83 bits per heavy atom. The Kier molecular flexibility index (Phi) is 3.83. The lowest BCUT2D eigenvalue weighted by Gasteiger charge is -1.96. The van der Waals surface area contributed by atoms with Gasteiger partial charge >= 0.3 is 5.69 Å². The zero-order valence-corrected chi connectivity index (χ0v) is 13.3. The molecule has 4 rings (SSSR count). The van der Waals surface area contributed by atoms with Gasteiger partial charge < -0.3 is 4.42 Å². The van der Waals surface area contributed by atoms with E-state index in [2.05, 4.69) is 20.3 Å². The van der Waals surface area contributed by atoms with Crippen LogP contribution in [-0.2, 0) is 6.54 Å². The van der Waals surface area contributed by atoms with E-state index >= 15 is 0 Å². The molecule has 0 saturated carbocycles. The van der Waals surface area contributed by atoms with Crippen LogP contribution in [0.3, 0.4) is 0 Å². The molecule has 0 atom stereocenters. The van der Waals surface area contributed by atoms with Crippen LogP contribution in [0.1, 0.15) is 0 Å². The molecule has 0 aromatic carbocycles. The second kappa shape index (κ2) is 6.28. The van der Waals surface area contributed by atoms with Gasteiger partial charge in [0.1, 0.15) is 0 Å². The van der Waals surface area contributed by atoms with Crippen molar-refractivity contribution in [3.05, 3.63) is 59.4 Å². The average Bonchev–Trinajstić information content (AvgIpc) is 3.22. The van der Waals surface area contributed by atoms with Crippen molar-refractivity contribution < 1.29 is 4.42 Å². The lowest BCUT2D eigenvalue weighted by Crippen LogP contribution is -2.21. The third kappa shape index (κ3) is 2.81. The van der Waals surface area contributed by atoms with E-state index in [1.807, 2.05) is 6.07 Å².